The predicted molar refractivity (Wildman–Crippen MR) is 96.2 cm³/mol. The van der Waals surface area contributed by atoms with E-state index in [4.69, 9.17) is 11.6 Å². The Morgan fingerprint density at radius 3 is 2.61 bits per heavy atom. The summed E-state index contributed by atoms with van der Waals surface area (Å²) in [5.74, 6) is -0.0427. The van der Waals surface area contributed by atoms with Crippen molar-refractivity contribution < 1.29 is 8.42 Å². The molecule has 0 fully saturated rings. The van der Waals surface area contributed by atoms with Crippen LogP contribution in [0.15, 0.2) is 35.2 Å². The summed E-state index contributed by atoms with van der Waals surface area (Å²) in [5, 5.41) is 1.40. The molecule has 6 heteroatoms. The van der Waals surface area contributed by atoms with Crippen molar-refractivity contribution in [3.8, 4) is 0 Å². The van der Waals surface area contributed by atoms with Crippen LogP contribution >= 0.6 is 22.9 Å². The number of rotatable bonds is 3. The quantitative estimate of drug-likeness (QED) is 0.666. The van der Waals surface area contributed by atoms with E-state index >= 15 is 0 Å². The number of benzene rings is 2. The van der Waals surface area contributed by atoms with Gasteiger partial charge in [0.25, 0.3) is 0 Å². The molecule has 0 bridgehead atoms. The average Bonchev–Trinajstić information content (AvgIpc) is 2.86. The van der Waals surface area contributed by atoms with Crippen LogP contribution in [0.2, 0.25) is 5.02 Å². The second-order valence-corrected chi connectivity index (χ2v) is 9.13. The summed E-state index contributed by atoms with van der Waals surface area (Å²) >= 11 is 7.61. The van der Waals surface area contributed by atoms with Crippen LogP contribution in [0, 0.1) is 20.8 Å². The maximum absolute atomic E-state index is 12.9. The summed E-state index contributed by atoms with van der Waals surface area (Å²) in [6, 6.07) is 8.86. The molecule has 0 aliphatic carbocycles. The molecule has 0 aliphatic heterocycles. The van der Waals surface area contributed by atoms with Crippen LogP contribution in [-0.4, -0.2) is 13.4 Å². The molecule has 0 saturated heterocycles. The number of halogens is 1. The Hall–Kier alpha value is -1.43. The highest BCUT2D eigenvalue weighted by atomic mass is 35.5. The molecule has 0 atom stereocenters. The van der Waals surface area contributed by atoms with Crippen molar-refractivity contribution in [2.75, 3.05) is 0 Å². The van der Waals surface area contributed by atoms with Crippen LogP contribution in [0.4, 0.5) is 0 Å². The molecule has 1 aromatic heterocycles. The molecule has 3 rings (SSSR count). The first-order valence-electron chi connectivity index (χ1n) is 7.13. The predicted octanol–water partition coefficient (Wildman–Crippen LogP) is 4.85. The normalized spacial score (nSPS) is 12.0. The van der Waals surface area contributed by atoms with E-state index in [2.05, 4.69) is 4.98 Å². The largest absolute Gasteiger partial charge is 0.242 e. The number of hydrogen-bond acceptors (Lipinski definition) is 4. The molecule has 1 heterocycles. The molecule has 3 aromatic rings. The second-order valence-electron chi connectivity index (χ2n) is 5.56. The zero-order valence-electron chi connectivity index (χ0n) is 13.1. The van der Waals surface area contributed by atoms with Gasteiger partial charge in [0, 0.05) is 5.02 Å². The van der Waals surface area contributed by atoms with E-state index in [0.717, 1.165) is 26.4 Å². The number of hydrogen-bond donors (Lipinski definition) is 0. The molecule has 0 amide bonds. The van der Waals surface area contributed by atoms with E-state index < -0.39 is 9.84 Å². The van der Waals surface area contributed by atoms with Gasteiger partial charge in [0.2, 0.25) is 0 Å². The maximum Gasteiger partial charge on any atom is 0.182 e. The number of aryl methyl sites for hydroxylation is 2. The van der Waals surface area contributed by atoms with Crippen molar-refractivity contribution >= 4 is 43.0 Å². The maximum atomic E-state index is 12.9. The lowest BCUT2D eigenvalue weighted by Gasteiger charge is -2.11. The molecule has 0 unspecified atom stereocenters. The first kappa shape index (κ1) is 16.4. The highest BCUT2D eigenvalue weighted by molar-refractivity contribution is 7.90. The lowest BCUT2D eigenvalue weighted by molar-refractivity contribution is 0.594. The Morgan fingerprint density at radius 2 is 1.87 bits per heavy atom. The first-order chi connectivity index (χ1) is 10.8. The van der Waals surface area contributed by atoms with Gasteiger partial charge in [-0.3, -0.25) is 0 Å². The lowest BCUT2D eigenvalue weighted by Crippen LogP contribution is -2.08. The highest BCUT2D eigenvalue weighted by Gasteiger charge is 2.22. The van der Waals surface area contributed by atoms with Gasteiger partial charge in [0.1, 0.15) is 0 Å². The lowest BCUT2D eigenvalue weighted by atomic mass is 10.1. The molecule has 0 spiro atoms. The third-order valence-corrected chi connectivity index (χ3v) is 7.13. The van der Waals surface area contributed by atoms with Gasteiger partial charge in [-0.15, -0.1) is 11.3 Å². The van der Waals surface area contributed by atoms with Crippen LogP contribution in [0.3, 0.4) is 0 Å². The molecule has 0 aliphatic rings. The summed E-state index contributed by atoms with van der Waals surface area (Å²) in [6.45, 7) is 5.60. The minimum absolute atomic E-state index is 0.0427. The highest BCUT2D eigenvalue weighted by Crippen LogP contribution is 2.32. The van der Waals surface area contributed by atoms with Gasteiger partial charge < -0.3 is 0 Å². The number of aromatic nitrogens is 1. The molecule has 0 N–H and O–H groups in total. The molecule has 0 saturated carbocycles. The van der Waals surface area contributed by atoms with Crippen molar-refractivity contribution in [2.45, 2.75) is 31.4 Å². The number of thiazole rings is 1. The fourth-order valence-electron chi connectivity index (χ4n) is 2.63. The topological polar surface area (TPSA) is 47.0 Å². The Kier molecular flexibility index (Phi) is 4.21. The molecule has 120 valence electrons. The van der Waals surface area contributed by atoms with Crippen molar-refractivity contribution in [1.29, 1.82) is 0 Å². The minimum atomic E-state index is -3.48. The average molecular weight is 366 g/mol. The molecule has 2 aromatic carbocycles. The molecular weight excluding hydrogens is 350 g/mol. The molecule has 23 heavy (non-hydrogen) atoms. The van der Waals surface area contributed by atoms with Crippen LogP contribution in [0.25, 0.3) is 10.2 Å². The standard InChI is InChI=1S/C17H16ClNO2S2/c1-10-7-8-15-17(22-12(3)19-15)13(10)9-23(20,21)16-6-4-5-14(18)11(16)2/h4-8H,9H2,1-3H3. The number of sulfone groups is 1. The summed E-state index contributed by atoms with van der Waals surface area (Å²) in [4.78, 5) is 4.75. The van der Waals surface area contributed by atoms with E-state index in [1.807, 2.05) is 26.0 Å². The molecule has 3 nitrogen and oxygen atoms in total. The number of nitrogens with zero attached hydrogens (tertiary/aromatic N) is 1. The van der Waals surface area contributed by atoms with E-state index in [-0.39, 0.29) is 5.75 Å². The van der Waals surface area contributed by atoms with Crippen LogP contribution in [0.5, 0.6) is 0 Å². The summed E-state index contributed by atoms with van der Waals surface area (Å²) in [5.41, 5.74) is 3.24. The molecular formula is C17H16ClNO2S2. The Labute approximate surface area is 144 Å². The number of fused-ring (bicyclic) bond motifs is 1. The van der Waals surface area contributed by atoms with Gasteiger partial charge in [-0.2, -0.15) is 0 Å². The Morgan fingerprint density at radius 1 is 1.13 bits per heavy atom. The van der Waals surface area contributed by atoms with Crippen molar-refractivity contribution in [3.63, 3.8) is 0 Å². The summed E-state index contributed by atoms with van der Waals surface area (Å²) in [6.07, 6.45) is 0. The van der Waals surface area contributed by atoms with Crippen molar-refractivity contribution in [2.24, 2.45) is 0 Å². The minimum Gasteiger partial charge on any atom is -0.242 e. The van der Waals surface area contributed by atoms with Gasteiger partial charge in [-0.25, -0.2) is 13.4 Å². The van der Waals surface area contributed by atoms with Gasteiger partial charge in [-0.05, 0) is 55.7 Å². The second kappa shape index (κ2) is 5.89. The van der Waals surface area contributed by atoms with E-state index in [1.54, 1.807) is 25.1 Å². The molecule has 0 radical (unpaired) electrons. The van der Waals surface area contributed by atoms with Gasteiger partial charge in [0.05, 0.1) is 25.9 Å². The van der Waals surface area contributed by atoms with Gasteiger partial charge in [0.15, 0.2) is 9.84 Å². The Bertz CT molecular complexity index is 1010. The van der Waals surface area contributed by atoms with Crippen molar-refractivity contribution in [1.82, 2.24) is 4.98 Å². The smallest absolute Gasteiger partial charge is 0.182 e. The summed E-state index contributed by atoms with van der Waals surface area (Å²) in [7, 11) is -3.48. The Balaban J connectivity index is 2.14. The zero-order valence-corrected chi connectivity index (χ0v) is 15.4. The van der Waals surface area contributed by atoms with Crippen LogP contribution in [-0.2, 0) is 15.6 Å². The van der Waals surface area contributed by atoms with E-state index in [0.29, 0.717) is 15.5 Å². The van der Waals surface area contributed by atoms with E-state index in [9.17, 15) is 8.42 Å². The van der Waals surface area contributed by atoms with Gasteiger partial charge >= 0.3 is 0 Å². The fourth-order valence-corrected chi connectivity index (χ4v) is 5.73. The van der Waals surface area contributed by atoms with Gasteiger partial charge in [-0.1, -0.05) is 23.7 Å². The van der Waals surface area contributed by atoms with Crippen molar-refractivity contribution in [3.05, 3.63) is 57.1 Å². The summed E-state index contributed by atoms with van der Waals surface area (Å²) < 4.78 is 26.8. The first-order valence-corrected chi connectivity index (χ1v) is 9.98. The SMILES string of the molecule is Cc1nc2ccc(C)c(CS(=O)(=O)c3cccc(Cl)c3C)c2s1. The van der Waals surface area contributed by atoms with Crippen LogP contribution < -0.4 is 0 Å². The fraction of sp³-hybridized carbons (Fsp3) is 0.235. The third-order valence-electron chi connectivity index (χ3n) is 3.89. The monoisotopic (exact) mass is 365 g/mol. The van der Waals surface area contributed by atoms with Crippen LogP contribution in [0.1, 0.15) is 21.7 Å². The third kappa shape index (κ3) is 3.01. The zero-order chi connectivity index (χ0) is 16.8. The van der Waals surface area contributed by atoms with E-state index in [1.165, 1.54) is 11.3 Å².